The van der Waals surface area contributed by atoms with E-state index in [1.54, 1.807) is 36.6 Å². The van der Waals surface area contributed by atoms with Gasteiger partial charge in [0.05, 0.1) is 5.01 Å². The van der Waals surface area contributed by atoms with E-state index in [9.17, 15) is 9.59 Å². The molecule has 7 heteroatoms. The molecule has 6 nitrogen and oxygen atoms in total. The second-order valence-electron chi connectivity index (χ2n) is 5.67. The zero-order chi connectivity index (χ0) is 17.7. The highest BCUT2D eigenvalue weighted by Gasteiger charge is 2.12. The van der Waals surface area contributed by atoms with Crippen LogP contribution in [0.3, 0.4) is 0 Å². The molecule has 0 radical (unpaired) electrons. The Labute approximate surface area is 145 Å². The van der Waals surface area contributed by atoms with Crippen LogP contribution in [0.4, 0.5) is 16.2 Å². The minimum Gasteiger partial charge on any atom is -0.337 e. The van der Waals surface area contributed by atoms with Crippen LogP contribution < -0.4 is 15.5 Å². The topological polar surface area (TPSA) is 74.3 Å². The van der Waals surface area contributed by atoms with Crippen molar-refractivity contribution in [1.29, 1.82) is 0 Å². The van der Waals surface area contributed by atoms with E-state index in [1.165, 1.54) is 11.8 Å². The van der Waals surface area contributed by atoms with Gasteiger partial charge < -0.3 is 15.5 Å². The Balaban J connectivity index is 1.90. The summed E-state index contributed by atoms with van der Waals surface area (Å²) in [5.41, 5.74) is 1.36. The molecular formula is C17H22N4O2S. The molecule has 0 aliphatic heterocycles. The number of anilines is 2. The maximum Gasteiger partial charge on any atom is 0.319 e. The second kappa shape index (κ2) is 7.92. The zero-order valence-electron chi connectivity index (χ0n) is 14.3. The van der Waals surface area contributed by atoms with Crippen molar-refractivity contribution in [3.63, 3.8) is 0 Å². The van der Waals surface area contributed by atoms with Crippen molar-refractivity contribution in [1.82, 2.24) is 10.3 Å². The lowest BCUT2D eigenvalue weighted by Gasteiger charge is -2.16. The third-order valence-corrected chi connectivity index (χ3v) is 4.74. The highest BCUT2D eigenvalue weighted by molar-refractivity contribution is 7.11. The van der Waals surface area contributed by atoms with Crippen LogP contribution in [0.2, 0.25) is 0 Å². The smallest absolute Gasteiger partial charge is 0.319 e. The highest BCUT2D eigenvalue weighted by atomic mass is 32.1. The lowest BCUT2D eigenvalue weighted by atomic mass is 10.2. The Morgan fingerprint density at radius 2 is 2.12 bits per heavy atom. The number of thiazole rings is 1. The van der Waals surface area contributed by atoms with Crippen molar-refractivity contribution < 1.29 is 9.59 Å². The molecule has 0 aliphatic rings. The number of amides is 3. The summed E-state index contributed by atoms with van der Waals surface area (Å²) in [5.74, 6) is 0.0915. The number of nitrogens with one attached hydrogen (secondary N) is 2. The van der Waals surface area contributed by atoms with Gasteiger partial charge in [-0.2, -0.15) is 0 Å². The van der Waals surface area contributed by atoms with E-state index in [1.807, 2.05) is 26.1 Å². The largest absolute Gasteiger partial charge is 0.337 e. The summed E-state index contributed by atoms with van der Waals surface area (Å²) in [6.45, 7) is 6.04. The first-order valence-corrected chi connectivity index (χ1v) is 8.50. The Hall–Kier alpha value is -2.41. The quantitative estimate of drug-likeness (QED) is 0.872. The standard InChI is InChI=1S/C17H22N4O2S/c1-11(16-18-10-12(2)24-16)9-19-17(23)20-14-6-5-7-15(8-14)21(4)13(3)22/h5-8,10-11H,9H2,1-4H3,(H2,19,20,23)/t11-/m1/s1. The Morgan fingerprint density at radius 1 is 1.38 bits per heavy atom. The van der Waals surface area contributed by atoms with E-state index in [2.05, 4.69) is 15.6 Å². The van der Waals surface area contributed by atoms with Crippen molar-refractivity contribution >= 4 is 34.6 Å². The van der Waals surface area contributed by atoms with E-state index in [4.69, 9.17) is 0 Å². The molecule has 0 unspecified atom stereocenters. The van der Waals surface area contributed by atoms with Crippen molar-refractivity contribution in [3.8, 4) is 0 Å². The molecule has 2 aromatic rings. The van der Waals surface area contributed by atoms with Crippen LogP contribution in [-0.4, -0.2) is 30.5 Å². The zero-order valence-corrected chi connectivity index (χ0v) is 15.1. The van der Waals surface area contributed by atoms with Gasteiger partial charge in [-0.3, -0.25) is 4.79 Å². The molecule has 0 fully saturated rings. The van der Waals surface area contributed by atoms with Gasteiger partial charge in [-0.15, -0.1) is 11.3 Å². The molecule has 0 saturated carbocycles. The summed E-state index contributed by atoms with van der Waals surface area (Å²) in [4.78, 5) is 30.5. The third-order valence-electron chi connectivity index (χ3n) is 3.59. The Bertz CT molecular complexity index is 729. The molecule has 128 valence electrons. The molecule has 3 amide bonds. The summed E-state index contributed by atoms with van der Waals surface area (Å²) in [5, 5.41) is 6.64. The van der Waals surface area contributed by atoms with Gasteiger partial charge >= 0.3 is 6.03 Å². The van der Waals surface area contributed by atoms with Gasteiger partial charge in [0.2, 0.25) is 5.91 Å². The van der Waals surface area contributed by atoms with Crippen LogP contribution in [0.25, 0.3) is 0 Å². The number of urea groups is 1. The van der Waals surface area contributed by atoms with Gasteiger partial charge in [-0.05, 0) is 25.1 Å². The molecule has 1 atom stereocenters. The summed E-state index contributed by atoms with van der Waals surface area (Å²) >= 11 is 1.64. The summed E-state index contributed by atoms with van der Waals surface area (Å²) < 4.78 is 0. The fourth-order valence-corrected chi connectivity index (χ4v) is 2.91. The van der Waals surface area contributed by atoms with Crippen molar-refractivity contribution in [2.75, 3.05) is 23.8 Å². The van der Waals surface area contributed by atoms with Gasteiger partial charge in [0.15, 0.2) is 0 Å². The number of nitrogens with zero attached hydrogens (tertiary/aromatic N) is 2. The number of carbonyl (C=O) groups is 2. The van der Waals surface area contributed by atoms with Gasteiger partial charge in [0, 0.05) is 48.9 Å². The van der Waals surface area contributed by atoms with E-state index < -0.39 is 0 Å². The maximum absolute atomic E-state index is 12.0. The first kappa shape index (κ1) is 17.9. The number of hydrogen-bond donors (Lipinski definition) is 2. The second-order valence-corrected chi connectivity index (χ2v) is 6.94. The van der Waals surface area contributed by atoms with E-state index >= 15 is 0 Å². The molecular weight excluding hydrogens is 324 g/mol. The molecule has 24 heavy (non-hydrogen) atoms. The minimum absolute atomic E-state index is 0.0656. The number of aromatic nitrogens is 1. The van der Waals surface area contributed by atoms with Crippen LogP contribution in [0, 0.1) is 6.92 Å². The van der Waals surface area contributed by atoms with E-state index in [0.29, 0.717) is 12.2 Å². The van der Waals surface area contributed by atoms with Crippen LogP contribution in [0.15, 0.2) is 30.5 Å². The van der Waals surface area contributed by atoms with Gasteiger partial charge in [0.25, 0.3) is 0 Å². The van der Waals surface area contributed by atoms with Crippen LogP contribution >= 0.6 is 11.3 Å². The highest BCUT2D eigenvalue weighted by Crippen LogP contribution is 2.21. The van der Waals surface area contributed by atoms with E-state index in [0.717, 1.165) is 15.6 Å². The molecule has 0 aliphatic carbocycles. The summed E-state index contributed by atoms with van der Waals surface area (Å²) in [6.07, 6.45) is 1.84. The van der Waals surface area contributed by atoms with Crippen molar-refractivity contribution in [2.24, 2.45) is 0 Å². The fraction of sp³-hybridized carbons (Fsp3) is 0.353. The molecule has 2 rings (SSSR count). The van der Waals surface area contributed by atoms with Gasteiger partial charge in [0.1, 0.15) is 0 Å². The molecule has 1 heterocycles. The Kier molecular flexibility index (Phi) is 5.92. The molecule has 0 spiro atoms. The van der Waals surface area contributed by atoms with Crippen molar-refractivity contribution in [3.05, 3.63) is 40.3 Å². The predicted molar refractivity (Wildman–Crippen MR) is 97.8 cm³/mol. The number of hydrogen-bond acceptors (Lipinski definition) is 4. The molecule has 0 saturated heterocycles. The number of rotatable bonds is 5. The molecule has 2 N–H and O–H groups in total. The van der Waals surface area contributed by atoms with Gasteiger partial charge in [-0.1, -0.05) is 13.0 Å². The first-order valence-electron chi connectivity index (χ1n) is 7.68. The van der Waals surface area contributed by atoms with Crippen LogP contribution in [-0.2, 0) is 4.79 Å². The van der Waals surface area contributed by atoms with Crippen LogP contribution in [0.1, 0.15) is 29.7 Å². The lowest BCUT2D eigenvalue weighted by Crippen LogP contribution is -2.31. The SMILES string of the molecule is CC(=O)N(C)c1cccc(NC(=O)NC[C@@H](C)c2ncc(C)s2)c1. The maximum atomic E-state index is 12.0. The number of carbonyl (C=O) groups excluding carboxylic acids is 2. The average Bonchev–Trinajstić information content (AvgIpc) is 2.98. The third kappa shape index (κ3) is 4.79. The van der Waals surface area contributed by atoms with E-state index in [-0.39, 0.29) is 17.9 Å². The monoisotopic (exact) mass is 346 g/mol. The number of benzene rings is 1. The predicted octanol–water partition coefficient (Wildman–Crippen LogP) is 3.36. The minimum atomic E-state index is -0.280. The first-order chi connectivity index (χ1) is 11.4. The van der Waals surface area contributed by atoms with Crippen LogP contribution in [0.5, 0.6) is 0 Å². The average molecular weight is 346 g/mol. The summed E-state index contributed by atoms with van der Waals surface area (Å²) in [7, 11) is 1.69. The fourth-order valence-electron chi connectivity index (χ4n) is 2.08. The molecule has 0 bridgehead atoms. The molecule has 1 aromatic heterocycles. The Morgan fingerprint density at radius 3 is 2.75 bits per heavy atom. The molecule has 1 aromatic carbocycles. The number of aryl methyl sites for hydroxylation is 1. The summed E-state index contributed by atoms with van der Waals surface area (Å²) in [6, 6.07) is 6.87. The van der Waals surface area contributed by atoms with Gasteiger partial charge in [-0.25, -0.2) is 9.78 Å². The van der Waals surface area contributed by atoms with Crippen molar-refractivity contribution in [2.45, 2.75) is 26.7 Å². The lowest BCUT2D eigenvalue weighted by molar-refractivity contribution is -0.116. The normalized spacial score (nSPS) is 11.7.